The third kappa shape index (κ3) is 4.95. The Labute approximate surface area is 210 Å². The summed E-state index contributed by atoms with van der Waals surface area (Å²) in [7, 11) is -3.61. The van der Waals surface area contributed by atoms with Crippen LogP contribution in [0.3, 0.4) is 0 Å². The fourth-order valence-corrected chi connectivity index (χ4v) is 5.81. The highest BCUT2D eigenvalue weighted by molar-refractivity contribution is 7.91. The second-order valence-corrected chi connectivity index (χ2v) is 10.9. The van der Waals surface area contributed by atoms with Crippen LogP contribution in [0.2, 0.25) is 0 Å². The van der Waals surface area contributed by atoms with Gasteiger partial charge >= 0.3 is 0 Å². The van der Waals surface area contributed by atoms with Crippen LogP contribution in [-0.2, 0) is 9.84 Å². The van der Waals surface area contributed by atoms with E-state index in [0.717, 1.165) is 29.4 Å². The number of anilines is 2. The Morgan fingerprint density at radius 1 is 1.06 bits per heavy atom. The first-order valence-electron chi connectivity index (χ1n) is 11.7. The highest BCUT2D eigenvalue weighted by atomic mass is 32.2. The first kappa shape index (κ1) is 23.9. The van der Waals surface area contributed by atoms with Gasteiger partial charge in [0, 0.05) is 23.2 Å². The Kier molecular flexibility index (Phi) is 6.46. The van der Waals surface area contributed by atoms with Crippen LogP contribution in [0.4, 0.5) is 11.5 Å². The number of piperidine rings is 1. The van der Waals surface area contributed by atoms with E-state index in [4.69, 9.17) is 0 Å². The number of fused-ring (bicyclic) bond motifs is 1. The lowest BCUT2D eigenvalue weighted by Gasteiger charge is -2.27. The van der Waals surface area contributed by atoms with Gasteiger partial charge in [-0.25, -0.2) is 18.4 Å². The molecule has 0 saturated carbocycles. The van der Waals surface area contributed by atoms with Gasteiger partial charge in [0.25, 0.3) is 0 Å². The molecule has 7 nitrogen and oxygen atoms in total. The topological polar surface area (TPSA) is 104 Å². The van der Waals surface area contributed by atoms with Crippen molar-refractivity contribution in [1.29, 1.82) is 0 Å². The maximum Gasteiger partial charge on any atom is 0.206 e. The predicted octanol–water partition coefficient (Wildman–Crippen LogP) is 3.98. The van der Waals surface area contributed by atoms with E-state index in [1.54, 1.807) is 55.5 Å². The van der Waals surface area contributed by atoms with Crippen molar-refractivity contribution in [3.05, 3.63) is 84.2 Å². The molecule has 1 fully saturated rings. The Bertz CT molecular complexity index is 1590. The van der Waals surface area contributed by atoms with Gasteiger partial charge < -0.3 is 15.7 Å². The molecule has 182 valence electrons. The number of aromatic nitrogens is 2. The molecule has 0 spiro atoms. The summed E-state index contributed by atoms with van der Waals surface area (Å²) >= 11 is 0. The zero-order chi connectivity index (χ0) is 25.2. The summed E-state index contributed by atoms with van der Waals surface area (Å²) in [5.74, 6) is 6.69. The van der Waals surface area contributed by atoms with Crippen LogP contribution < -0.4 is 10.6 Å². The molecule has 1 aromatic heterocycles. The van der Waals surface area contributed by atoms with E-state index in [1.807, 2.05) is 18.2 Å². The number of hydrogen-bond donors (Lipinski definition) is 3. The molecule has 0 radical (unpaired) electrons. The summed E-state index contributed by atoms with van der Waals surface area (Å²) in [6, 6.07) is 19.2. The molecule has 8 heteroatoms. The fraction of sp³-hybridized carbons (Fsp3) is 0.214. The van der Waals surface area contributed by atoms with Crippen molar-refractivity contribution in [1.82, 2.24) is 15.3 Å². The van der Waals surface area contributed by atoms with Gasteiger partial charge in [0.2, 0.25) is 9.84 Å². The standard InChI is InChI=1S/C28H26N4O3S/c1-20-16-22(9-11-26(20)36(34,35)23-6-3-2-4-7-23)32-27-24-17-21(8-10-25(24)30-19-31-27)12-14-28(33)13-5-15-29-18-28/h2-4,6-11,16-17,19,29,33H,5,13,15,18H2,1H3,(H,30,31,32). The van der Waals surface area contributed by atoms with Crippen LogP contribution in [0.25, 0.3) is 10.9 Å². The molecule has 3 aromatic carbocycles. The van der Waals surface area contributed by atoms with E-state index < -0.39 is 15.4 Å². The smallest absolute Gasteiger partial charge is 0.206 e. The maximum absolute atomic E-state index is 13.1. The molecule has 4 aromatic rings. The summed E-state index contributed by atoms with van der Waals surface area (Å²) in [6.07, 6.45) is 3.01. The number of rotatable bonds is 4. The van der Waals surface area contributed by atoms with Crippen molar-refractivity contribution in [3.8, 4) is 11.8 Å². The Morgan fingerprint density at radius 2 is 1.89 bits per heavy atom. The molecule has 1 atom stereocenters. The number of sulfone groups is 1. The number of nitrogens with zero attached hydrogens (tertiary/aromatic N) is 2. The predicted molar refractivity (Wildman–Crippen MR) is 140 cm³/mol. The summed E-state index contributed by atoms with van der Waals surface area (Å²) in [6.45, 7) is 3.13. The lowest BCUT2D eigenvalue weighted by Crippen LogP contribution is -2.44. The lowest BCUT2D eigenvalue weighted by atomic mass is 9.94. The van der Waals surface area contributed by atoms with Gasteiger partial charge in [0.05, 0.1) is 15.3 Å². The van der Waals surface area contributed by atoms with Crippen molar-refractivity contribution in [3.63, 3.8) is 0 Å². The second-order valence-electron chi connectivity index (χ2n) is 8.94. The number of nitrogens with one attached hydrogen (secondary N) is 2. The molecule has 1 aliphatic heterocycles. The van der Waals surface area contributed by atoms with E-state index in [9.17, 15) is 13.5 Å². The highest BCUT2D eigenvalue weighted by Crippen LogP contribution is 2.29. The van der Waals surface area contributed by atoms with E-state index >= 15 is 0 Å². The van der Waals surface area contributed by atoms with Crippen molar-refractivity contribution >= 4 is 32.2 Å². The fourth-order valence-electron chi connectivity index (χ4n) is 4.31. The van der Waals surface area contributed by atoms with Crippen LogP contribution in [0, 0.1) is 18.8 Å². The average molecular weight is 499 g/mol. The van der Waals surface area contributed by atoms with Gasteiger partial charge in [-0.2, -0.15) is 0 Å². The van der Waals surface area contributed by atoms with Gasteiger partial charge in [-0.15, -0.1) is 0 Å². The number of β-amino-alcohol motifs (C(OH)–C–C–N with tert-alkyl or cyclic N) is 1. The molecule has 0 aliphatic carbocycles. The number of benzene rings is 3. The van der Waals surface area contributed by atoms with Gasteiger partial charge in [-0.1, -0.05) is 30.0 Å². The van der Waals surface area contributed by atoms with E-state index in [1.165, 1.54) is 6.33 Å². The Balaban J connectivity index is 1.44. The van der Waals surface area contributed by atoms with Crippen LogP contribution >= 0.6 is 0 Å². The summed E-state index contributed by atoms with van der Waals surface area (Å²) in [5.41, 5.74) is 1.80. The molecule has 5 rings (SSSR count). The van der Waals surface area contributed by atoms with E-state index in [0.29, 0.717) is 30.0 Å². The molecular formula is C28H26N4O3S. The quantitative estimate of drug-likeness (QED) is 0.366. The number of aryl methyl sites for hydroxylation is 1. The minimum atomic E-state index is -3.61. The zero-order valence-corrected chi connectivity index (χ0v) is 20.6. The molecule has 1 unspecified atom stereocenters. The summed E-state index contributed by atoms with van der Waals surface area (Å²) in [5, 5.41) is 17.9. The molecular weight excluding hydrogens is 472 g/mol. The normalized spacial score (nSPS) is 17.8. The van der Waals surface area contributed by atoms with Crippen LogP contribution in [0.15, 0.2) is 82.8 Å². The SMILES string of the molecule is Cc1cc(Nc2ncnc3ccc(C#CC4(O)CCCNC4)cc23)ccc1S(=O)(=O)c1ccccc1. The minimum absolute atomic E-state index is 0.262. The number of hydrogen-bond acceptors (Lipinski definition) is 7. The first-order chi connectivity index (χ1) is 17.3. The third-order valence-corrected chi connectivity index (χ3v) is 8.15. The molecule has 1 saturated heterocycles. The summed E-state index contributed by atoms with van der Waals surface area (Å²) < 4.78 is 26.1. The van der Waals surface area contributed by atoms with Crippen LogP contribution in [0.1, 0.15) is 24.0 Å². The monoisotopic (exact) mass is 498 g/mol. The third-order valence-electron chi connectivity index (χ3n) is 6.22. The molecule has 1 aliphatic rings. The van der Waals surface area contributed by atoms with E-state index in [2.05, 4.69) is 32.4 Å². The average Bonchev–Trinajstić information content (AvgIpc) is 2.89. The lowest BCUT2D eigenvalue weighted by molar-refractivity contribution is 0.0736. The van der Waals surface area contributed by atoms with Crippen LogP contribution in [-0.4, -0.2) is 42.2 Å². The van der Waals surface area contributed by atoms with Crippen molar-refractivity contribution < 1.29 is 13.5 Å². The van der Waals surface area contributed by atoms with Crippen LogP contribution in [0.5, 0.6) is 0 Å². The van der Waals surface area contributed by atoms with Gasteiger partial charge in [0.15, 0.2) is 0 Å². The molecule has 0 bridgehead atoms. The van der Waals surface area contributed by atoms with Gasteiger partial charge in [0.1, 0.15) is 17.7 Å². The Hall–Kier alpha value is -3.77. The highest BCUT2D eigenvalue weighted by Gasteiger charge is 2.26. The van der Waals surface area contributed by atoms with Crippen molar-refractivity contribution in [2.45, 2.75) is 35.2 Å². The molecule has 3 N–H and O–H groups in total. The maximum atomic E-state index is 13.1. The molecule has 2 heterocycles. The second kappa shape index (κ2) is 9.70. The van der Waals surface area contributed by atoms with Gasteiger partial charge in [-0.05, 0) is 80.4 Å². The van der Waals surface area contributed by atoms with E-state index in [-0.39, 0.29) is 9.79 Å². The summed E-state index contributed by atoms with van der Waals surface area (Å²) in [4.78, 5) is 9.28. The molecule has 36 heavy (non-hydrogen) atoms. The molecule has 0 amide bonds. The Morgan fingerprint density at radius 3 is 2.64 bits per heavy atom. The van der Waals surface area contributed by atoms with Gasteiger partial charge in [-0.3, -0.25) is 0 Å². The van der Waals surface area contributed by atoms with Crippen molar-refractivity contribution in [2.75, 3.05) is 18.4 Å². The first-order valence-corrected chi connectivity index (χ1v) is 13.2. The largest absolute Gasteiger partial charge is 0.376 e. The number of aliphatic hydroxyl groups is 1. The minimum Gasteiger partial charge on any atom is -0.376 e. The zero-order valence-electron chi connectivity index (χ0n) is 19.8. The van der Waals surface area contributed by atoms with Crippen molar-refractivity contribution in [2.24, 2.45) is 0 Å².